The summed E-state index contributed by atoms with van der Waals surface area (Å²) in [6.45, 7) is 0. The van der Waals surface area contributed by atoms with Crippen LogP contribution in [0.15, 0.2) is 57.0 Å². The van der Waals surface area contributed by atoms with E-state index in [1.165, 1.54) is 30.5 Å². The van der Waals surface area contributed by atoms with Crippen molar-refractivity contribution >= 4 is 41.7 Å². The zero-order valence-corrected chi connectivity index (χ0v) is 13.6. The molecule has 0 bridgehead atoms. The maximum atomic E-state index is 12.2. The van der Waals surface area contributed by atoms with E-state index in [1.807, 2.05) is 0 Å². The second-order valence-electron chi connectivity index (χ2n) is 3.99. The molecule has 0 radical (unpaired) electrons. The molecule has 0 saturated heterocycles. The maximum absolute atomic E-state index is 12.2. The van der Waals surface area contributed by atoms with E-state index in [2.05, 4.69) is 25.6 Å². The van der Waals surface area contributed by atoms with Crippen molar-refractivity contribution in [1.29, 1.82) is 0 Å². The van der Waals surface area contributed by atoms with Crippen LogP contribution in [0, 0.1) is 0 Å². The standard InChI is InChI=1S/C11H10BrN3O4S2/c12-11-5-4-8(7-14-11)15-21(18,19)10-3-1-2-9(6-10)20(13,16)17/h1-7,15H,(H2,13,16,17). The fourth-order valence-corrected chi connectivity index (χ4v) is 3.43. The highest BCUT2D eigenvalue weighted by molar-refractivity contribution is 9.10. The molecule has 0 spiro atoms. The molecule has 0 aliphatic heterocycles. The minimum atomic E-state index is -3.97. The second-order valence-corrected chi connectivity index (χ2v) is 8.05. The smallest absolute Gasteiger partial charge is 0.261 e. The van der Waals surface area contributed by atoms with Crippen LogP contribution >= 0.6 is 15.9 Å². The van der Waals surface area contributed by atoms with Crippen molar-refractivity contribution in [3.63, 3.8) is 0 Å². The number of anilines is 1. The lowest BCUT2D eigenvalue weighted by Gasteiger charge is -2.08. The van der Waals surface area contributed by atoms with Gasteiger partial charge in [-0.3, -0.25) is 4.72 Å². The molecule has 3 N–H and O–H groups in total. The third-order valence-electron chi connectivity index (χ3n) is 2.42. The van der Waals surface area contributed by atoms with Gasteiger partial charge in [-0.2, -0.15) is 0 Å². The van der Waals surface area contributed by atoms with Crippen LogP contribution in [-0.2, 0) is 20.0 Å². The number of aromatic nitrogens is 1. The Balaban J connectivity index is 2.38. The van der Waals surface area contributed by atoms with Crippen molar-refractivity contribution in [3.05, 3.63) is 47.2 Å². The predicted octanol–water partition coefficient (Wildman–Crippen LogP) is 1.29. The number of hydrogen-bond donors (Lipinski definition) is 2. The summed E-state index contributed by atoms with van der Waals surface area (Å²) >= 11 is 3.13. The molecule has 1 heterocycles. The Morgan fingerprint density at radius 1 is 1.05 bits per heavy atom. The monoisotopic (exact) mass is 391 g/mol. The number of primary sulfonamides is 1. The number of pyridine rings is 1. The van der Waals surface area contributed by atoms with Gasteiger partial charge in [-0.25, -0.2) is 27.0 Å². The molecule has 21 heavy (non-hydrogen) atoms. The molecule has 0 fully saturated rings. The highest BCUT2D eigenvalue weighted by atomic mass is 79.9. The summed E-state index contributed by atoms with van der Waals surface area (Å²) in [5, 5.41) is 4.98. The predicted molar refractivity (Wildman–Crippen MR) is 80.6 cm³/mol. The van der Waals surface area contributed by atoms with E-state index in [1.54, 1.807) is 6.07 Å². The van der Waals surface area contributed by atoms with Crippen molar-refractivity contribution in [2.45, 2.75) is 9.79 Å². The average Bonchev–Trinajstić information content (AvgIpc) is 2.40. The minimum Gasteiger partial charge on any atom is -0.278 e. The van der Waals surface area contributed by atoms with E-state index >= 15 is 0 Å². The van der Waals surface area contributed by atoms with Gasteiger partial charge in [0, 0.05) is 0 Å². The number of nitrogens with one attached hydrogen (secondary N) is 1. The summed E-state index contributed by atoms with van der Waals surface area (Å²) in [5.74, 6) is 0. The van der Waals surface area contributed by atoms with Gasteiger partial charge in [-0.1, -0.05) is 6.07 Å². The van der Waals surface area contributed by atoms with Crippen molar-refractivity contribution in [2.75, 3.05) is 4.72 Å². The van der Waals surface area contributed by atoms with Crippen LogP contribution < -0.4 is 9.86 Å². The molecule has 0 amide bonds. The first-order valence-electron chi connectivity index (χ1n) is 5.46. The number of nitrogens with zero attached hydrogens (tertiary/aromatic N) is 1. The summed E-state index contributed by atoms with van der Waals surface area (Å²) in [4.78, 5) is 3.40. The van der Waals surface area contributed by atoms with Crippen LogP contribution in [0.4, 0.5) is 5.69 Å². The minimum absolute atomic E-state index is 0.211. The molecule has 10 heteroatoms. The van der Waals surface area contributed by atoms with Gasteiger partial charge in [0.2, 0.25) is 10.0 Å². The molecular formula is C11H10BrN3O4S2. The second kappa shape index (κ2) is 5.72. The zero-order chi connectivity index (χ0) is 15.7. The Kier molecular flexibility index (Phi) is 4.33. The number of nitrogens with two attached hydrogens (primary N) is 1. The van der Waals surface area contributed by atoms with Gasteiger partial charge in [0.1, 0.15) is 4.60 Å². The lowest BCUT2D eigenvalue weighted by Crippen LogP contribution is -2.16. The van der Waals surface area contributed by atoms with Crippen LogP contribution in [-0.4, -0.2) is 21.8 Å². The molecule has 2 aromatic rings. The van der Waals surface area contributed by atoms with Crippen LogP contribution in [0.3, 0.4) is 0 Å². The summed E-state index contributed by atoms with van der Waals surface area (Å²) in [6, 6.07) is 7.85. The van der Waals surface area contributed by atoms with Gasteiger partial charge < -0.3 is 0 Å². The summed E-state index contributed by atoms with van der Waals surface area (Å²) in [5.41, 5.74) is 0.249. The van der Waals surface area contributed by atoms with Crippen LogP contribution in [0.2, 0.25) is 0 Å². The first-order valence-corrected chi connectivity index (χ1v) is 9.28. The van der Waals surface area contributed by atoms with Gasteiger partial charge in [0.05, 0.1) is 21.7 Å². The van der Waals surface area contributed by atoms with E-state index in [4.69, 9.17) is 5.14 Å². The van der Waals surface area contributed by atoms with Crippen molar-refractivity contribution in [1.82, 2.24) is 4.98 Å². The van der Waals surface area contributed by atoms with Crippen molar-refractivity contribution in [2.24, 2.45) is 5.14 Å². The Bertz CT molecular complexity index is 865. The number of benzene rings is 1. The zero-order valence-electron chi connectivity index (χ0n) is 10.4. The van der Waals surface area contributed by atoms with Gasteiger partial charge >= 0.3 is 0 Å². The molecule has 1 aromatic heterocycles. The molecule has 0 atom stereocenters. The van der Waals surface area contributed by atoms with E-state index in [0.29, 0.717) is 4.60 Å². The largest absolute Gasteiger partial charge is 0.278 e. The molecule has 0 aliphatic carbocycles. The Morgan fingerprint density at radius 3 is 2.29 bits per heavy atom. The summed E-state index contributed by atoms with van der Waals surface area (Å²) in [7, 11) is -7.91. The number of rotatable bonds is 4. The maximum Gasteiger partial charge on any atom is 0.261 e. The average molecular weight is 392 g/mol. The van der Waals surface area contributed by atoms with Crippen molar-refractivity contribution in [3.8, 4) is 0 Å². The van der Waals surface area contributed by atoms with E-state index < -0.39 is 20.0 Å². The topological polar surface area (TPSA) is 119 Å². The third-order valence-corrected chi connectivity index (χ3v) is 5.18. The number of sulfonamides is 2. The molecule has 2 rings (SSSR count). The molecule has 7 nitrogen and oxygen atoms in total. The molecule has 1 aromatic carbocycles. The van der Waals surface area contributed by atoms with Crippen LogP contribution in [0.5, 0.6) is 0 Å². The highest BCUT2D eigenvalue weighted by Gasteiger charge is 2.17. The van der Waals surface area contributed by atoms with Gasteiger partial charge in [-0.05, 0) is 46.3 Å². The fourth-order valence-electron chi connectivity index (χ4n) is 1.47. The number of hydrogen-bond acceptors (Lipinski definition) is 5. The lowest BCUT2D eigenvalue weighted by molar-refractivity contribution is 0.597. The summed E-state index contributed by atoms with van der Waals surface area (Å²) < 4.78 is 49.7. The molecule has 0 aliphatic rings. The van der Waals surface area contributed by atoms with E-state index in [9.17, 15) is 16.8 Å². The van der Waals surface area contributed by atoms with E-state index in [-0.39, 0.29) is 15.5 Å². The Labute approximate surface area is 130 Å². The Hall–Kier alpha value is -1.49. The Morgan fingerprint density at radius 2 is 1.71 bits per heavy atom. The molecule has 0 saturated carbocycles. The van der Waals surface area contributed by atoms with Crippen LogP contribution in [0.25, 0.3) is 0 Å². The molecule has 112 valence electrons. The van der Waals surface area contributed by atoms with Crippen molar-refractivity contribution < 1.29 is 16.8 Å². The van der Waals surface area contributed by atoms with Gasteiger partial charge in [0.15, 0.2) is 0 Å². The SMILES string of the molecule is NS(=O)(=O)c1cccc(S(=O)(=O)Nc2ccc(Br)nc2)c1. The highest BCUT2D eigenvalue weighted by Crippen LogP contribution is 2.19. The number of halogens is 1. The normalized spacial score (nSPS) is 12.1. The summed E-state index contributed by atoms with van der Waals surface area (Å²) in [6.07, 6.45) is 1.32. The first kappa shape index (κ1) is 15.9. The molecule has 0 unspecified atom stereocenters. The molecular weight excluding hydrogens is 382 g/mol. The van der Waals surface area contributed by atoms with Gasteiger partial charge in [0.25, 0.3) is 10.0 Å². The quantitative estimate of drug-likeness (QED) is 0.760. The fraction of sp³-hybridized carbons (Fsp3) is 0. The van der Waals surface area contributed by atoms with Crippen LogP contribution in [0.1, 0.15) is 0 Å². The lowest BCUT2D eigenvalue weighted by atomic mass is 10.4. The first-order chi connectivity index (χ1) is 9.68. The van der Waals surface area contributed by atoms with E-state index in [0.717, 1.165) is 6.07 Å². The third kappa shape index (κ3) is 4.00. The van der Waals surface area contributed by atoms with Gasteiger partial charge in [-0.15, -0.1) is 0 Å².